The topological polar surface area (TPSA) is 78.9 Å². The van der Waals surface area contributed by atoms with Gasteiger partial charge in [-0.05, 0) is 32.0 Å². The van der Waals surface area contributed by atoms with Crippen LogP contribution in [0, 0.1) is 22.6 Å². The molecule has 0 fully saturated rings. The summed E-state index contributed by atoms with van der Waals surface area (Å²) in [6.45, 7) is 3.50. The van der Waals surface area contributed by atoms with E-state index < -0.39 is 11.2 Å². The van der Waals surface area contributed by atoms with Gasteiger partial charge < -0.3 is 11.1 Å². The average Bonchev–Trinajstić information content (AvgIpc) is 2.31. The van der Waals surface area contributed by atoms with Crippen LogP contribution in [-0.2, 0) is 4.79 Å². The SMILES string of the molecule is CC(C)(CN)C(=O)Nc1ccc(C#N)cc1F. The van der Waals surface area contributed by atoms with E-state index in [-0.39, 0.29) is 23.7 Å². The lowest BCUT2D eigenvalue weighted by atomic mass is 9.92. The summed E-state index contributed by atoms with van der Waals surface area (Å²) in [5, 5.41) is 11.0. The third-order valence-corrected chi connectivity index (χ3v) is 2.47. The first-order valence-corrected chi connectivity index (χ1v) is 5.12. The first kappa shape index (κ1) is 13.1. The number of hydrogen-bond acceptors (Lipinski definition) is 3. The highest BCUT2D eigenvalue weighted by molar-refractivity contribution is 5.95. The fourth-order valence-electron chi connectivity index (χ4n) is 1.07. The van der Waals surface area contributed by atoms with Gasteiger partial charge in [-0.15, -0.1) is 0 Å². The summed E-state index contributed by atoms with van der Waals surface area (Å²) < 4.78 is 13.5. The zero-order valence-electron chi connectivity index (χ0n) is 9.75. The second kappa shape index (κ2) is 4.93. The van der Waals surface area contributed by atoms with Gasteiger partial charge in [0.25, 0.3) is 0 Å². The van der Waals surface area contributed by atoms with Gasteiger partial charge >= 0.3 is 0 Å². The molecule has 17 heavy (non-hydrogen) atoms. The minimum Gasteiger partial charge on any atom is -0.329 e. The van der Waals surface area contributed by atoms with E-state index in [1.165, 1.54) is 12.1 Å². The molecule has 4 nitrogen and oxygen atoms in total. The number of amides is 1. The molecule has 0 unspecified atom stereocenters. The Morgan fingerprint density at radius 3 is 2.71 bits per heavy atom. The third kappa shape index (κ3) is 3.02. The van der Waals surface area contributed by atoms with Crippen LogP contribution < -0.4 is 11.1 Å². The zero-order chi connectivity index (χ0) is 13.1. The fraction of sp³-hybridized carbons (Fsp3) is 0.333. The van der Waals surface area contributed by atoms with Gasteiger partial charge in [0.15, 0.2) is 0 Å². The Kier molecular flexibility index (Phi) is 3.81. The van der Waals surface area contributed by atoms with Crippen molar-refractivity contribution < 1.29 is 9.18 Å². The number of hydrogen-bond donors (Lipinski definition) is 2. The molecule has 0 heterocycles. The van der Waals surface area contributed by atoms with E-state index in [1.54, 1.807) is 13.8 Å². The van der Waals surface area contributed by atoms with Crippen LogP contribution in [0.3, 0.4) is 0 Å². The van der Waals surface area contributed by atoms with Crippen LogP contribution >= 0.6 is 0 Å². The summed E-state index contributed by atoms with van der Waals surface area (Å²) in [6, 6.07) is 5.69. The number of rotatable bonds is 3. The van der Waals surface area contributed by atoms with Gasteiger partial charge in [-0.1, -0.05) is 0 Å². The van der Waals surface area contributed by atoms with Crippen molar-refractivity contribution >= 4 is 11.6 Å². The molecule has 0 saturated carbocycles. The monoisotopic (exact) mass is 235 g/mol. The Hall–Kier alpha value is -1.93. The predicted molar refractivity (Wildman–Crippen MR) is 62.6 cm³/mol. The molecule has 1 amide bonds. The molecule has 0 aliphatic rings. The van der Waals surface area contributed by atoms with Gasteiger partial charge in [0.2, 0.25) is 5.91 Å². The average molecular weight is 235 g/mol. The molecule has 0 aliphatic carbocycles. The van der Waals surface area contributed by atoms with Crippen LogP contribution in [0.25, 0.3) is 0 Å². The molecule has 0 radical (unpaired) electrons. The highest BCUT2D eigenvalue weighted by Gasteiger charge is 2.26. The van der Waals surface area contributed by atoms with Crippen molar-refractivity contribution in [2.45, 2.75) is 13.8 Å². The Labute approximate surface area is 99.2 Å². The highest BCUT2D eigenvalue weighted by Crippen LogP contribution is 2.20. The van der Waals surface area contributed by atoms with Crippen LogP contribution in [0.2, 0.25) is 0 Å². The summed E-state index contributed by atoms with van der Waals surface area (Å²) in [7, 11) is 0. The fourth-order valence-corrected chi connectivity index (χ4v) is 1.07. The van der Waals surface area contributed by atoms with E-state index in [0.29, 0.717) is 0 Å². The molecule has 5 heteroatoms. The maximum Gasteiger partial charge on any atom is 0.231 e. The first-order valence-electron chi connectivity index (χ1n) is 5.12. The summed E-state index contributed by atoms with van der Waals surface area (Å²) in [4.78, 5) is 11.7. The Bertz CT molecular complexity index is 477. The lowest BCUT2D eigenvalue weighted by Crippen LogP contribution is -2.37. The van der Waals surface area contributed by atoms with Crippen LogP contribution in [0.4, 0.5) is 10.1 Å². The van der Waals surface area contributed by atoms with Crippen molar-refractivity contribution in [3.8, 4) is 6.07 Å². The standard InChI is InChI=1S/C12H14FN3O/c1-12(2,7-15)11(17)16-10-4-3-8(6-14)5-9(10)13/h3-5H,7,15H2,1-2H3,(H,16,17). The van der Waals surface area contributed by atoms with Gasteiger partial charge in [-0.2, -0.15) is 5.26 Å². The van der Waals surface area contributed by atoms with Crippen molar-refractivity contribution in [3.63, 3.8) is 0 Å². The zero-order valence-corrected chi connectivity index (χ0v) is 9.75. The summed E-state index contributed by atoms with van der Waals surface area (Å²) in [5.74, 6) is -0.992. The number of nitrogens with one attached hydrogen (secondary N) is 1. The Morgan fingerprint density at radius 1 is 1.59 bits per heavy atom. The molecule has 0 bridgehead atoms. The van der Waals surface area contributed by atoms with Crippen LogP contribution in [-0.4, -0.2) is 12.5 Å². The largest absolute Gasteiger partial charge is 0.329 e. The van der Waals surface area contributed by atoms with Crippen molar-refractivity contribution in [2.24, 2.45) is 11.1 Å². The minimum atomic E-state index is -0.764. The molecular formula is C12H14FN3O. The molecule has 90 valence electrons. The quantitative estimate of drug-likeness (QED) is 0.835. The molecule has 0 saturated heterocycles. The molecule has 0 spiro atoms. The molecule has 0 atom stereocenters. The number of benzene rings is 1. The Morgan fingerprint density at radius 2 is 2.24 bits per heavy atom. The van der Waals surface area contributed by atoms with Crippen LogP contribution in [0.5, 0.6) is 0 Å². The summed E-state index contributed by atoms with van der Waals surface area (Å²) >= 11 is 0. The van der Waals surface area contributed by atoms with E-state index >= 15 is 0 Å². The van der Waals surface area contributed by atoms with E-state index in [9.17, 15) is 9.18 Å². The molecule has 1 aromatic carbocycles. The van der Waals surface area contributed by atoms with E-state index in [1.807, 2.05) is 6.07 Å². The van der Waals surface area contributed by atoms with Crippen molar-refractivity contribution in [1.29, 1.82) is 5.26 Å². The number of halogens is 1. The summed E-state index contributed by atoms with van der Waals surface area (Å²) in [5.41, 5.74) is 4.94. The lowest BCUT2D eigenvalue weighted by molar-refractivity contribution is -0.123. The van der Waals surface area contributed by atoms with E-state index in [0.717, 1.165) is 6.07 Å². The van der Waals surface area contributed by atoms with Gasteiger partial charge in [0.1, 0.15) is 5.82 Å². The number of anilines is 1. The van der Waals surface area contributed by atoms with Gasteiger partial charge in [-0.3, -0.25) is 4.79 Å². The number of nitriles is 1. The molecule has 1 rings (SSSR count). The maximum atomic E-state index is 13.5. The van der Waals surface area contributed by atoms with Crippen LogP contribution in [0.1, 0.15) is 19.4 Å². The van der Waals surface area contributed by atoms with Crippen molar-refractivity contribution in [2.75, 3.05) is 11.9 Å². The van der Waals surface area contributed by atoms with Crippen molar-refractivity contribution in [1.82, 2.24) is 0 Å². The van der Waals surface area contributed by atoms with Crippen LogP contribution in [0.15, 0.2) is 18.2 Å². The number of carbonyl (C=O) groups is 1. The maximum absolute atomic E-state index is 13.5. The van der Waals surface area contributed by atoms with E-state index in [2.05, 4.69) is 5.32 Å². The van der Waals surface area contributed by atoms with E-state index in [4.69, 9.17) is 11.0 Å². The second-order valence-electron chi connectivity index (χ2n) is 4.35. The Balaban J connectivity index is 2.91. The molecule has 0 aromatic heterocycles. The molecule has 0 aliphatic heterocycles. The predicted octanol–water partition coefficient (Wildman–Crippen LogP) is 1.62. The molecular weight excluding hydrogens is 221 g/mol. The number of carbonyl (C=O) groups excluding carboxylic acids is 1. The normalized spacial score (nSPS) is 10.8. The van der Waals surface area contributed by atoms with Gasteiger partial charge in [0.05, 0.1) is 22.7 Å². The third-order valence-electron chi connectivity index (χ3n) is 2.47. The minimum absolute atomic E-state index is 0.0514. The van der Waals surface area contributed by atoms with Crippen molar-refractivity contribution in [3.05, 3.63) is 29.6 Å². The lowest BCUT2D eigenvalue weighted by Gasteiger charge is -2.21. The summed E-state index contributed by atoms with van der Waals surface area (Å²) in [6.07, 6.45) is 0. The van der Waals surface area contributed by atoms with Gasteiger partial charge in [-0.25, -0.2) is 4.39 Å². The number of nitrogens with zero attached hydrogens (tertiary/aromatic N) is 1. The second-order valence-corrected chi connectivity index (χ2v) is 4.35. The smallest absolute Gasteiger partial charge is 0.231 e. The highest BCUT2D eigenvalue weighted by atomic mass is 19.1. The van der Waals surface area contributed by atoms with Gasteiger partial charge in [0, 0.05) is 6.54 Å². The molecule has 1 aromatic rings. The molecule has 3 N–H and O–H groups in total. The number of nitrogens with two attached hydrogens (primary N) is 1. The first-order chi connectivity index (χ1) is 7.90.